The molecule has 2 heterocycles. The lowest BCUT2D eigenvalue weighted by Gasteiger charge is -2.34. The number of aromatic nitrogens is 1. The van der Waals surface area contributed by atoms with Crippen LogP contribution in [0, 0.1) is 5.82 Å². The van der Waals surface area contributed by atoms with E-state index in [2.05, 4.69) is 4.57 Å². The molecule has 0 saturated heterocycles. The van der Waals surface area contributed by atoms with Gasteiger partial charge in [0.2, 0.25) is 5.91 Å². The Bertz CT molecular complexity index is 690. The zero-order chi connectivity index (χ0) is 14.8. The second-order valence-corrected chi connectivity index (χ2v) is 5.22. The minimum absolute atomic E-state index is 0.0424. The summed E-state index contributed by atoms with van der Waals surface area (Å²) < 4.78 is 15.3. The van der Waals surface area contributed by atoms with Crippen LogP contribution in [0.25, 0.3) is 6.08 Å². The quantitative estimate of drug-likeness (QED) is 0.777. The fourth-order valence-electron chi connectivity index (χ4n) is 2.75. The third kappa shape index (κ3) is 2.75. The standard InChI is InChI=1S/C17H17FN2O/c1-13-16-6-3-9-19(16)10-11-20(13)17(21)8-7-14-4-2-5-15(18)12-14/h2-9,12-13H,10-11H2,1H3/b8-7+/t13-/m1/s1. The number of hydrogen-bond donors (Lipinski definition) is 0. The summed E-state index contributed by atoms with van der Waals surface area (Å²) in [6.45, 7) is 3.53. The molecule has 1 aromatic carbocycles. The largest absolute Gasteiger partial charge is 0.348 e. The Morgan fingerprint density at radius 3 is 2.95 bits per heavy atom. The van der Waals surface area contributed by atoms with Crippen LogP contribution < -0.4 is 0 Å². The molecule has 0 aliphatic carbocycles. The number of rotatable bonds is 2. The maximum absolute atomic E-state index is 13.1. The first-order chi connectivity index (χ1) is 10.1. The molecule has 0 bridgehead atoms. The van der Waals surface area contributed by atoms with Gasteiger partial charge in [0.25, 0.3) is 0 Å². The number of amides is 1. The average Bonchev–Trinajstić information content (AvgIpc) is 2.95. The van der Waals surface area contributed by atoms with Crippen LogP contribution in [-0.4, -0.2) is 21.9 Å². The van der Waals surface area contributed by atoms with Gasteiger partial charge in [-0.25, -0.2) is 4.39 Å². The zero-order valence-corrected chi connectivity index (χ0v) is 11.9. The molecule has 1 aliphatic rings. The number of halogens is 1. The minimum atomic E-state index is -0.297. The molecule has 1 aromatic heterocycles. The summed E-state index contributed by atoms with van der Waals surface area (Å²) in [5.41, 5.74) is 1.84. The smallest absolute Gasteiger partial charge is 0.247 e. The summed E-state index contributed by atoms with van der Waals surface area (Å²) in [6.07, 6.45) is 5.21. The minimum Gasteiger partial charge on any atom is -0.348 e. The van der Waals surface area contributed by atoms with Crippen molar-refractivity contribution in [1.29, 1.82) is 0 Å². The van der Waals surface area contributed by atoms with Crippen LogP contribution in [-0.2, 0) is 11.3 Å². The third-order valence-corrected chi connectivity index (χ3v) is 3.89. The van der Waals surface area contributed by atoms with Crippen LogP contribution in [0.3, 0.4) is 0 Å². The van der Waals surface area contributed by atoms with E-state index in [1.54, 1.807) is 18.2 Å². The number of benzene rings is 1. The van der Waals surface area contributed by atoms with Gasteiger partial charge < -0.3 is 9.47 Å². The van der Waals surface area contributed by atoms with E-state index < -0.39 is 0 Å². The van der Waals surface area contributed by atoms with Crippen LogP contribution >= 0.6 is 0 Å². The first-order valence-corrected chi connectivity index (χ1v) is 7.04. The number of carbonyl (C=O) groups excluding carboxylic acids is 1. The van der Waals surface area contributed by atoms with Crippen molar-refractivity contribution in [3.8, 4) is 0 Å². The summed E-state index contributed by atoms with van der Waals surface area (Å²) >= 11 is 0. The molecule has 0 saturated carbocycles. The lowest BCUT2D eigenvalue weighted by atomic mass is 10.1. The predicted octanol–water partition coefficient (Wildman–Crippen LogP) is 3.24. The summed E-state index contributed by atoms with van der Waals surface area (Å²) in [6, 6.07) is 10.3. The van der Waals surface area contributed by atoms with Crippen molar-refractivity contribution < 1.29 is 9.18 Å². The van der Waals surface area contributed by atoms with Gasteiger partial charge in [0.15, 0.2) is 0 Å². The molecular formula is C17H17FN2O. The van der Waals surface area contributed by atoms with Crippen molar-refractivity contribution in [2.75, 3.05) is 6.54 Å². The number of fused-ring (bicyclic) bond motifs is 1. The van der Waals surface area contributed by atoms with E-state index in [4.69, 9.17) is 0 Å². The molecule has 1 aliphatic heterocycles. The highest BCUT2D eigenvalue weighted by Gasteiger charge is 2.25. The van der Waals surface area contributed by atoms with Gasteiger partial charge >= 0.3 is 0 Å². The second-order valence-electron chi connectivity index (χ2n) is 5.22. The molecule has 1 amide bonds. The van der Waals surface area contributed by atoms with Gasteiger partial charge in [0, 0.05) is 31.1 Å². The Hall–Kier alpha value is -2.36. The predicted molar refractivity (Wildman–Crippen MR) is 80.0 cm³/mol. The van der Waals surface area contributed by atoms with Crippen LogP contribution in [0.2, 0.25) is 0 Å². The highest BCUT2D eigenvalue weighted by Crippen LogP contribution is 2.25. The fraction of sp³-hybridized carbons (Fsp3) is 0.235. The molecule has 2 aromatic rings. The van der Waals surface area contributed by atoms with Gasteiger partial charge in [-0.05, 0) is 42.8 Å². The second kappa shape index (κ2) is 5.56. The van der Waals surface area contributed by atoms with Gasteiger partial charge in [-0.2, -0.15) is 0 Å². The van der Waals surface area contributed by atoms with Crippen molar-refractivity contribution in [2.45, 2.75) is 19.5 Å². The Morgan fingerprint density at radius 1 is 1.29 bits per heavy atom. The summed E-state index contributed by atoms with van der Waals surface area (Å²) in [5, 5.41) is 0. The van der Waals surface area contributed by atoms with Crippen molar-refractivity contribution in [3.05, 3.63) is 65.7 Å². The molecule has 21 heavy (non-hydrogen) atoms. The molecule has 0 radical (unpaired) electrons. The Labute approximate surface area is 123 Å². The number of hydrogen-bond acceptors (Lipinski definition) is 1. The fourth-order valence-corrected chi connectivity index (χ4v) is 2.75. The van der Waals surface area contributed by atoms with Crippen molar-refractivity contribution in [1.82, 2.24) is 9.47 Å². The van der Waals surface area contributed by atoms with Crippen molar-refractivity contribution >= 4 is 12.0 Å². The molecule has 4 heteroatoms. The lowest BCUT2D eigenvalue weighted by Crippen LogP contribution is -2.39. The zero-order valence-electron chi connectivity index (χ0n) is 11.9. The van der Waals surface area contributed by atoms with E-state index in [1.807, 2.05) is 30.2 Å². The summed E-state index contributed by atoms with van der Waals surface area (Å²) in [4.78, 5) is 14.2. The summed E-state index contributed by atoms with van der Waals surface area (Å²) in [5.74, 6) is -0.340. The molecule has 3 rings (SSSR count). The maximum atomic E-state index is 13.1. The Balaban J connectivity index is 1.74. The van der Waals surface area contributed by atoms with E-state index in [0.717, 1.165) is 12.2 Å². The molecule has 0 N–H and O–H groups in total. The summed E-state index contributed by atoms with van der Waals surface area (Å²) in [7, 11) is 0. The normalized spacial score (nSPS) is 18.0. The van der Waals surface area contributed by atoms with Crippen LogP contribution in [0.1, 0.15) is 24.2 Å². The molecule has 0 unspecified atom stereocenters. The maximum Gasteiger partial charge on any atom is 0.247 e. The van der Waals surface area contributed by atoms with Gasteiger partial charge in [-0.15, -0.1) is 0 Å². The van der Waals surface area contributed by atoms with Gasteiger partial charge in [0.05, 0.1) is 6.04 Å². The molecule has 3 nitrogen and oxygen atoms in total. The molecule has 108 valence electrons. The van der Waals surface area contributed by atoms with Crippen molar-refractivity contribution in [3.63, 3.8) is 0 Å². The Kier molecular flexibility index (Phi) is 3.60. The van der Waals surface area contributed by atoms with Gasteiger partial charge in [-0.3, -0.25) is 4.79 Å². The highest BCUT2D eigenvalue weighted by molar-refractivity contribution is 5.92. The first-order valence-electron chi connectivity index (χ1n) is 7.04. The van der Waals surface area contributed by atoms with E-state index in [0.29, 0.717) is 12.1 Å². The van der Waals surface area contributed by atoms with Crippen LogP contribution in [0.15, 0.2) is 48.7 Å². The van der Waals surface area contributed by atoms with E-state index >= 15 is 0 Å². The first kappa shape index (κ1) is 13.6. The lowest BCUT2D eigenvalue weighted by molar-refractivity contribution is -0.129. The average molecular weight is 284 g/mol. The van der Waals surface area contributed by atoms with Crippen molar-refractivity contribution in [2.24, 2.45) is 0 Å². The third-order valence-electron chi connectivity index (χ3n) is 3.89. The van der Waals surface area contributed by atoms with Crippen LogP contribution in [0.4, 0.5) is 4.39 Å². The highest BCUT2D eigenvalue weighted by atomic mass is 19.1. The van der Waals surface area contributed by atoms with Gasteiger partial charge in [-0.1, -0.05) is 12.1 Å². The van der Waals surface area contributed by atoms with E-state index in [9.17, 15) is 9.18 Å². The molecule has 0 fully saturated rings. The van der Waals surface area contributed by atoms with Crippen LogP contribution in [0.5, 0.6) is 0 Å². The SMILES string of the molecule is C[C@@H]1c2cccn2CCN1C(=O)/C=C/c1cccc(F)c1. The molecule has 1 atom stereocenters. The molecular weight excluding hydrogens is 267 g/mol. The number of nitrogens with zero attached hydrogens (tertiary/aromatic N) is 2. The number of carbonyl (C=O) groups is 1. The van der Waals surface area contributed by atoms with E-state index in [1.165, 1.54) is 18.2 Å². The van der Waals surface area contributed by atoms with E-state index in [-0.39, 0.29) is 17.8 Å². The topological polar surface area (TPSA) is 25.2 Å². The molecule has 0 spiro atoms. The monoisotopic (exact) mass is 284 g/mol. The Morgan fingerprint density at radius 2 is 2.14 bits per heavy atom. The van der Waals surface area contributed by atoms with Gasteiger partial charge in [0.1, 0.15) is 5.82 Å².